The Hall–Kier alpha value is -4.43. The topological polar surface area (TPSA) is 108 Å². The molecule has 5 rings (SSSR count). The second-order valence-electron chi connectivity index (χ2n) is 9.33. The molecule has 0 saturated heterocycles. The first-order chi connectivity index (χ1) is 17.7. The van der Waals surface area contributed by atoms with Crippen LogP contribution in [0.25, 0.3) is 0 Å². The van der Waals surface area contributed by atoms with Crippen molar-refractivity contribution in [3.63, 3.8) is 0 Å². The fourth-order valence-electron chi connectivity index (χ4n) is 4.04. The summed E-state index contributed by atoms with van der Waals surface area (Å²) in [6.45, 7) is 5.72. The Kier molecular flexibility index (Phi) is 6.27. The van der Waals surface area contributed by atoms with Gasteiger partial charge in [-0.1, -0.05) is 29.8 Å². The zero-order valence-electron chi connectivity index (χ0n) is 20.5. The van der Waals surface area contributed by atoms with Crippen LogP contribution in [-0.2, 0) is 10.2 Å². The largest absolute Gasteiger partial charge is 0.339 e. The third kappa shape index (κ3) is 4.96. The van der Waals surface area contributed by atoms with E-state index in [1.807, 2.05) is 63.2 Å². The molecule has 0 fully saturated rings. The summed E-state index contributed by atoms with van der Waals surface area (Å²) in [7, 11) is 0. The van der Waals surface area contributed by atoms with Gasteiger partial charge in [0.25, 0.3) is 5.91 Å². The molecule has 0 bridgehead atoms. The highest BCUT2D eigenvalue weighted by molar-refractivity contribution is 6.32. The summed E-state index contributed by atoms with van der Waals surface area (Å²) in [6.07, 6.45) is 1.51. The molecule has 8 nitrogen and oxygen atoms in total. The Balaban J connectivity index is 1.29. The van der Waals surface area contributed by atoms with Gasteiger partial charge in [-0.2, -0.15) is 4.98 Å². The number of fused-ring (bicyclic) bond motifs is 1. The van der Waals surface area contributed by atoms with Crippen molar-refractivity contribution in [2.24, 2.45) is 0 Å². The number of aromatic nitrogens is 2. The quantitative estimate of drug-likeness (QED) is 0.238. The van der Waals surface area contributed by atoms with Crippen molar-refractivity contribution >= 4 is 57.9 Å². The number of aryl methyl sites for hydroxylation is 1. The molecule has 1 aliphatic rings. The average molecular weight is 513 g/mol. The van der Waals surface area contributed by atoms with Crippen molar-refractivity contribution in [2.75, 3.05) is 21.3 Å². The van der Waals surface area contributed by atoms with Crippen LogP contribution in [0.4, 0.5) is 34.5 Å². The smallest absolute Gasteiger partial charge is 0.255 e. The number of hydrogen-bond donors (Lipinski definition) is 4. The molecule has 0 saturated carbocycles. The fraction of sp³-hybridized carbons (Fsp3) is 0.143. The molecule has 4 aromatic rings. The molecule has 1 aromatic heterocycles. The third-order valence-corrected chi connectivity index (χ3v) is 6.59. The molecule has 3 aromatic carbocycles. The first-order valence-electron chi connectivity index (χ1n) is 11.7. The number of rotatable bonds is 6. The molecule has 0 unspecified atom stereocenters. The summed E-state index contributed by atoms with van der Waals surface area (Å²) in [6, 6.07) is 20.3. The normalized spacial score (nSPS) is 13.5. The Labute approximate surface area is 219 Å². The van der Waals surface area contributed by atoms with Gasteiger partial charge in [0, 0.05) is 28.3 Å². The SMILES string of the molecule is Cc1ccccc1NC(=O)c1ccc(Nc2nc(Nc3ccc4c(c3)C(C)(C)C(=O)N4)ncc2Cl)cc1. The van der Waals surface area contributed by atoms with Crippen LogP contribution in [0.2, 0.25) is 5.02 Å². The monoisotopic (exact) mass is 512 g/mol. The van der Waals surface area contributed by atoms with E-state index in [4.69, 9.17) is 11.6 Å². The average Bonchev–Trinajstić information content (AvgIpc) is 3.11. The number of halogens is 1. The lowest BCUT2D eigenvalue weighted by Gasteiger charge is -2.16. The first-order valence-corrected chi connectivity index (χ1v) is 12.1. The van der Waals surface area contributed by atoms with Crippen molar-refractivity contribution in [3.05, 3.63) is 94.6 Å². The lowest BCUT2D eigenvalue weighted by molar-refractivity contribution is -0.119. The van der Waals surface area contributed by atoms with Gasteiger partial charge in [-0.15, -0.1) is 0 Å². The molecule has 1 aliphatic heterocycles. The molecule has 4 N–H and O–H groups in total. The van der Waals surface area contributed by atoms with E-state index in [1.54, 1.807) is 24.3 Å². The van der Waals surface area contributed by atoms with Crippen molar-refractivity contribution in [1.29, 1.82) is 0 Å². The number of amides is 2. The Bertz CT molecular complexity index is 1520. The minimum Gasteiger partial charge on any atom is -0.339 e. The highest BCUT2D eigenvalue weighted by atomic mass is 35.5. The molecule has 0 spiro atoms. The van der Waals surface area contributed by atoms with Gasteiger partial charge in [-0.3, -0.25) is 9.59 Å². The minimum absolute atomic E-state index is 0.0347. The van der Waals surface area contributed by atoms with Gasteiger partial charge in [0.2, 0.25) is 11.9 Å². The summed E-state index contributed by atoms with van der Waals surface area (Å²) in [5.41, 5.74) is 4.84. The number of para-hydroxylation sites is 1. The second kappa shape index (κ2) is 9.55. The van der Waals surface area contributed by atoms with Gasteiger partial charge >= 0.3 is 0 Å². The van der Waals surface area contributed by atoms with E-state index in [9.17, 15) is 9.59 Å². The van der Waals surface area contributed by atoms with Crippen LogP contribution in [0.3, 0.4) is 0 Å². The zero-order chi connectivity index (χ0) is 26.2. The van der Waals surface area contributed by atoms with Gasteiger partial charge < -0.3 is 21.3 Å². The summed E-state index contributed by atoms with van der Waals surface area (Å²) in [5.74, 6) is 0.528. The first kappa shape index (κ1) is 24.3. The number of carbonyl (C=O) groups is 2. The van der Waals surface area contributed by atoms with Crippen LogP contribution < -0.4 is 21.3 Å². The maximum atomic E-state index is 12.6. The molecule has 186 valence electrons. The Morgan fingerprint density at radius 3 is 2.46 bits per heavy atom. The number of anilines is 6. The molecular weight excluding hydrogens is 488 g/mol. The number of carbonyl (C=O) groups excluding carboxylic acids is 2. The number of nitrogens with zero attached hydrogens (tertiary/aromatic N) is 2. The van der Waals surface area contributed by atoms with E-state index in [1.165, 1.54) is 6.20 Å². The maximum Gasteiger partial charge on any atom is 0.255 e. The molecule has 9 heteroatoms. The molecule has 2 heterocycles. The van der Waals surface area contributed by atoms with E-state index in [2.05, 4.69) is 31.2 Å². The number of benzene rings is 3. The highest BCUT2D eigenvalue weighted by Gasteiger charge is 2.38. The third-order valence-electron chi connectivity index (χ3n) is 6.31. The van der Waals surface area contributed by atoms with Gasteiger partial charge in [-0.05, 0) is 80.4 Å². The van der Waals surface area contributed by atoms with Crippen molar-refractivity contribution in [2.45, 2.75) is 26.2 Å². The molecule has 0 aliphatic carbocycles. The van der Waals surface area contributed by atoms with Crippen LogP contribution in [0.15, 0.2) is 72.9 Å². The van der Waals surface area contributed by atoms with Crippen molar-refractivity contribution in [1.82, 2.24) is 9.97 Å². The molecule has 2 amide bonds. The van der Waals surface area contributed by atoms with Crippen LogP contribution >= 0.6 is 11.6 Å². The minimum atomic E-state index is -0.621. The number of hydrogen-bond acceptors (Lipinski definition) is 6. The van der Waals surface area contributed by atoms with Gasteiger partial charge in [0.1, 0.15) is 5.02 Å². The fourth-order valence-corrected chi connectivity index (χ4v) is 4.18. The molecule has 37 heavy (non-hydrogen) atoms. The van der Waals surface area contributed by atoms with Crippen LogP contribution in [-0.4, -0.2) is 21.8 Å². The van der Waals surface area contributed by atoms with Crippen molar-refractivity contribution < 1.29 is 9.59 Å². The highest BCUT2D eigenvalue weighted by Crippen LogP contribution is 2.39. The Morgan fingerprint density at radius 2 is 1.70 bits per heavy atom. The van der Waals surface area contributed by atoms with E-state index >= 15 is 0 Å². The predicted molar refractivity (Wildman–Crippen MR) is 147 cm³/mol. The van der Waals surface area contributed by atoms with Gasteiger partial charge in [0.05, 0.1) is 11.6 Å². The van der Waals surface area contributed by atoms with E-state index < -0.39 is 5.41 Å². The molecule has 0 atom stereocenters. The van der Waals surface area contributed by atoms with Crippen LogP contribution in [0.1, 0.15) is 35.3 Å². The molecule has 0 radical (unpaired) electrons. The summed E-state index contributed by atoms with van der Waals surface area (Å²) >= 11 is 6.34. The van der Waals surface area contributed by atoms with E-state index in [0.717, 1.165) is 28.2 Å². The zero-order valence-corrected chi connectivity index (χ0v) is 21.3. The van der Waals surface area contributed by atoms with E-state index in [-0.39, 0.29) is 11.8 Å². The second-order valence-corrected chi connectivity index (χ2v) is 9.73. The summed E-state index contributed by atoms with van der Waals surface area (Å²) in [5, 5.41) is 12.5. The van der Waals surface area contributed by atoms with E-state index in [0.29, 0.717) is 28.0 Å². The Morgan fingerprint density at radius 1 is 0.973 bits per heavy atom. The van der Waals surface area contributed by atoms with Gasteiger partial charge in [-0.25, -0.2) is 4.98 Å². The summed E-state index contributed by atoms with van der Waals surface area (Å²) in [4.78, 5) is 33.6. The summed E-state index contributed by atoms with van der Waals surface area (Å²) < 4.78 is 0. The standard InChI is InChI=1S/C28H25ClN6O2/c1-16-6-4-5-7-22(16)33-25(36)17-8-10-18(11-9-17)31-24-21(29)15-30-27(35-24)32-19-12-13-23-20(14-19)28(2,3)26(37)34-23/h4-15H,1-3H3,(H,33,36)(H,34,37)(H2,30,31,32,35). The van der Waals surface area contributed by atoms with Crippen molar-refractivity contribution in [3.8, 4) is 0 Å². The maximum absolute atomic E-state index is 12.6. The van der Waals surface area contributed by atoms with Crippen LogP contribution in [0, 0.1) is 6.92 Å². The van der Waals surface area contributed by atoms with Gasteiger partial charge in [0.15, 0.2) is 5.82 Å². The number of nitrogens with one attached hydrogen (secondary N) is 4. The lowest BCUT2D eigenvalue weighted by Crippen LogP contribution is -2.26. The molecular formula is C28H25ClN6O2. The lowest BCUT2D eigenvalue weighted by atomic mass is 9.86. The predicted octanol–water partition coefficient (Wildman–Crippen LogP) is 6.41. The van der Waals surface area contributed by atoms with Crippen LogP contribution in [0.5, 0.6) is 0 Å².